The standard InChI is InChI=1S/C18H18N2O2/c1-17(2,21)11-9-15-16(10-12-18(3,4)22)20-14-8-6-5-7-13(14)19-15/h5-8,21-22H,1-4H3. The van der Waals surface area contributed by atoms with Crippen LogP contribution in [0.3, 0.4) is 0 Å². The van der Waals surface area contributed by atoms with Crippen LogP contribution in [0, 0.1) is 23.7 Å². The largest absolute Gasteiger partial charge is 0.378 e. The van der Waals surface area contributed by atoms with Crippen LogP contribution in [0.15, 0.2) is 24.3 Å². The van der Waals surface area contributed by atoms with E-state index in [1.54, 1.807) is 27.7 Å². The minimum Gasteiger partial charge on any atom is -0.378 e. The van der Waals surface area contributed by atoms with Crippen molar-refractivity contribution in [1.82, 2.24) is 9.97 Å². The van der Waals surface area contributed by atoms with Gasteiger partial charge in [-0.1, -0.05) is 24.0 Å². The minimum atomic E-state index is -1.13. The second kappa shape index (κ2) is 5.77. The molecule has 2 aromatic rings. The number of benzene rings is 1. The van der Waals surface area contributed by atoms with Crippen molar-refractivity contribution in [3.63, 3.8) is 0 Å². The number of aromatic nitrogens is 2. The summed E-state index contributed by atoms with van der Waals surface area (Å²) in [6.07, 6.45) is 0. The molecule has 1 aromatic heterocycles. The molecular weight excluding hydrogens is 276 g/mol. The molecule has 2 rings (SSSR count). The molecule has 0 bridgehead atoms. The van der Waals surface area contributed by atoms with Crippen LogP contribution in [0.5, 0.6) is 0 Å². The van der Waals surface area contributed by atoms with Crippen molar-refractivity contribution in [3.05, 3.63) is 35.7 Å². The fourth-order valence-electron chi connectivity index (χ4n) is 1.60. The summed E-state index contributed by atoms with van der Waals surface area (Å²) < 4.78 is 0. The average molecular weight is 294 g/mol. The van der Waals surface area contributed by atoms with Gasteiger partial charge in [0.1, 0.15) is 22.6 Å². The first-order valence-corrected chi connectivity index (χ1v) is 6.92. The summed E-state index contributed by atoms with van der Waals surface area (Å²) in [5.74, 6) is 11.1. The molecule has 0 atom stereocenters. The zero-order chi connectivity index (χ0) is 16.4. The summed E-state index contributed by atoms with van der Waals surface area (Å²) in [4.78, 5) is 8.90. The molecule has 0 aliphatic carbocycles. The van der Waals surface area contributed by atoms with E-state index in [-0.39, 0.29) is 0 Å². The predicted molar refractivity (Wildman–Crippen MR) is 85.9 cm³/mol. The molecule has 0 unspecified atom stereocenters. The van der Waals surface area contributed by atoms with Crippen LogP contribution < -0.4 is 0 Å². The Kier molecular flexibility index (Phi) is 4.19. The zero-order valence-electron chi connectivity index (χ0n) is 13.1. The van der Waals surface area contributed by atoms with Crippen molar-refractivity contribution in [1.29, 1.82) is 0 Å². The Morgan fingerprint density at radius 1 is 0.773 bits per heavy atom. The van der Waals surface area contributed by atoms with Crippen LogP contribution in [0.2, 0.25) is 0 Å². The molecule has 0 aliphatic rings. The van der Waals surface area contributed by atoms with Gasteiger partial charge in [0.05, 0.1) is 11.0 Å². The molecule has 2 N–H and O–H groups in total. The maximum absolute atomic E-state index is 9.74. The molecule has 0 spiro atoms. The highest BCUT2D eigenvalue weighted by Crippen LogP contribution is 2.12. The Morgan fingerprint density at radius 2 is 1.14 bits per heavy atom. The van der Waals surface area contributed by atoms with Crippen LogP contribution in [0.25, 0.3) is 11.0 Å². The van der Waals surface area contributed by atoms with Gasteiger partial charge in [0.25, 0.3) is 0 Å². The number of hydrogen-bond donors (Lipinski definition) is 2. The predicted octanol–water partition coefficient (Wildman–Crippen LogP) is 1.87. The van der Waals surface area contributed by atoms with Gasteiger partial charge in [-0.15, -0.1) is 0 Å². The Labute approximate surface area is 130 Å². The van der Waals surface area contributed by atoms with Gasteiger partial charge in [-0.2, -0.15) is 0 Å². The lowest BCUT2D eigenvalue weighted by Crippen LogP contribution is -2.15. The van der Waals surface area contributed by atoms with Gasteiger partial charge < -0.3 is 10.2 Å². The van der Waals surface area contributed by atoms with Crippen LogP contribution in [-0.2, 0) is 0 Å². The second-order valence-corrected chi connectivity index (χ2v) is 6.03. The van der Waals surface area contributed by atoms with Crippen molar-refractivity contribution in [2.24, 2.45) is 0 Å². The topological polar surface area (TPSA) is 66.2 Å². The van der Waals surface area contributed by atoms with Gasteiger partial charge in [-0.25, -0.2) is 9.97 Å². The van der Waals surface area contributed by atoms with E-state index < -0.39 is 11.2 Å². The Morgan fingerprint density at radius 3 is 1.45 bits per heavy atom. The van der Waals surface area contributed by atoms with Gasteiger partial charge in [-0.05, 0) is 51.7 Å². The Balaban J connectivity index is 2.63. The van der Waals surface area contributed by atoms with Gasteiger partial charge in [0.2, 0.25) is 0 Å². The highest BCUT2D eigenvalue weighted by atomic mass is 16.3. The van der Waals surface area contributed by atoms with Crippen LogP contribution in [0.1, 0.15) is 39.1 Å². The SMILES string of the molecule is CC(C)(O)C#Cc1nc2ccccc2nc1C#CC(C)(C)O. The first kappa shape index (κ1) is 16.0. The smallest absolute Gasteiger partial charge is 0.148 e. The van der Waals surface area contributed by atoms with Crippen molar-refractivity contribution >= 4 is 11.0 Å². The molecule has 0 saturated carbocycles. The monoisotopic (exact) mass is 294 g/mol. The molecule has 1 heterocycles. The van der Waals surface area contributed by atoms with E-state index in [1.165, 1.54) is 0 Å². The molecule has 0 saturated heterocycles. The second-order valence-electron chi connectivity index (χ2n) is 6.03. The fourth-order valence-corrected chi connectivity index (χ4v) is 1.60. The molecule has 4 nitrogen and oxygen atoms in total. The fraction of sp³-hybridized carbons (Fsp3) is 0.333. The van der Waals surface area contributed by atoms with E-state index >= 15 is 0 Å². The summed E-state index contributed by atoms with van der Waals surface area (Å²) in [6, 6.07) is 7.41. The highest BCUT2D eigenvalue weighted by Gasteiger charge is 2.10. The first-order valence-electron chi connectivity index (χ1n) is 6.92. The lowest BCUT2D eigenvalue weighted by atomic mass is 10.1. The minimum absolute atomic E-state index is 0.387. The van der Waals surface area contributed by atoms with Crippen LogP contribution in [0.4, 0.5) is 0 Å². The van der Waals surface area contributed by atoms with Gasteiger partial charge in [0, 0.05) is 0 Å². The lowest BCUT2D eigenvalue weighted by Gasteiger charge is -2.07. The van der Waals surface area contributed by atoms with E-state index in [1.807, 2.05) is 24.3 Å². The molecule has 112 valence electrons. The number of hydrogen-bond acceptors (Lipinski definition) is 4. The lowest BCUT2D eigenvalue weighted by molar-refractivity contribution is 0.143. The van der Waals surface area contributed by atoms with Gasteiger partial charge in [-0.3, -0.25) is 0 Å². The van der Waals surface area contributed by atoms with E-state index in [2.05, 4.69) is 33.6 Å². The quantitative estimate of drug-likeness (QED) is 0.728. The molecule has 4 heteroatoms. The number of aliphatic hydroxyl groups is 2. The number of para-hydroxylation sites is 2. The number of nitrogens with zero attached hydrogens (tertiary/aromatic N) is 2. The maximum Gasteiger partial charge on any atom is 0.148 e. The Hall–Kier alpha value is -2.40. The van der Waals surface area contributed by atoms with E-state index in [0.29, 0.717) is 22.4 Å². The molecule has 1 aromatic carbocycles. The Bertz CT molecular complexity index is 749. The number of rotatable bonds is 0. The van der Waals surface area contributed by atoms with Crippen molar-refractivity contribution in [2.45, 2.75) is 38.9 Å². The summed E-state index contributed by atoms with van der Waals surface area (Å²) in [5, 5.41) is 19.5. The average Bonchev–Trinajstić information content (AvgIpc) is 2.40. The number of fused-ring (bicyclic) bond motifs is 1. The summed E-state index contributed by atoms with van der Waals surface area (Å²) in [7, 11) is 0. The molecule has 0 amide bonds. The maximum atomic E-state index is 9.74. The first-order chi connectivity index (χ1) is 10.1. The zero-order valence-corrected chi connectivity index (χ0v) is 13.1. The van der Waals surface area contributed by atoms with E-state index in [9.17, 15) is 10.2 Å². The summed E-state index contributed by atoms with van der Waals surface area (Å²) in [6.45, 7) is 6.38. The summed E-state index contributed by atoms with van der Waals surface area (Å²) in [5.41, 5.74) is -0.0782. The normalized spacial score (nSPS) is 11.4. The third-order valence-electron chi connectivity index (χ3n) is 2.54. The highest BCUT2D eigenvalue weighted by molar-refractivity contribution is 5.75. The van der Waals surface area contributed by atoms with Gasteiger partial charge in [0.15, 0.2) is 0 Å². The van der Waals surface area contributed by atoms with E-state index in [4.69, 9.17) is 0 Å². The van der Waals surface area contributed by atoms with Crippen molar-refractivity contribution < 1.29 is 10.2 Å². The van der Waals surface area contributed by atoms with E-state index in [0.717, 1.165) is 0 Å². The molecule has 0 radical (unpaired) electrons. The third-order valence-corrected chi connectivity index (χ3v) is 2.54. The van der Waals surface area contributed by atoms with Crippen LogP contribution >= 0.6 is 0 Å². The third kappa shape index (κ3) is 4.56. The molecule has 0 aliphatic heterocycles. The molecule has 22 heavy (non-hydrogen) atoms. The van der Waals surface area contributed by atoms with Gasteiger partial charge >= 0.3 is 0 Å². The molecule has 0 fully saturated rings. The van der Waals surface area contributed by atoms with Crippen LogP contribution in [-0.4, -0.2) is 31.4 Å². The molecular formula is C18H18N2O2. The van der Waals surface area contributed by atoms with Crippen molar-refractivity contribution in [3.8, 4) is 23.7 Å². The van der Waals surface area contributed by atoms with Crippen molar-refractivity contribution in [2.75, 3.05) is 0 Å². The summed E-state index contributed by atoms with van der Waals surface area (Å²) >= 11 is 0.